The van der Waals surface area contributed by atoms with Gasteiger partial charge in [0.25, 0.3) is 0 Å². The van der Waals surface area contributed by atoms with E-state index in [-0.39, 0.29) is 5.75 Å². The number of nitrogens with zero attached hydrogens (tertiary/aromatic N) is 3. The maximum Gasteiger partial charge on any atom is 0.224 e. The molecule has 0 bridgehead atoms. The van der Waals surface area contributed by atoms with Crippen LogP contribution in [0.2, 0.25) is 0 Å². The molecular weight excluding hydrogens is 312 g/mol. The third-order valence-corrected chi connectivity index (χ3v) is 4.19. The minimum Gasteiger partial charge on any atom is -0.507 e. The zero-order valence-electron chi connectivity index (χ0n) is 13.8. The van der Waals surface area contributed by atoms with Crippen LogP contribution in [0.5, 0.6) is 5.75 Å². The summed E-state index contributed by atoms with van der Waals surface area (Å²) in [6.07, 6.45) is 1.69. The Hall–Kier alpha value is -3.34. The number of hydrogen-bond donors (Lipinski definition) is 2. The Bertz CT molecular complexity index is 1030. The van der Waals surface area contributed by atoms with Crippen LogP contribution in [-0.2, 0) is 0 Å². The van der Waals surface area contributed by atoms with Crippen LogP contribution in [0, 0.1) is 0 Å². The number of benzene rings is 3. The summed E-state index contributed by atoms with van der Waals surface area (Å²) in [5.74, 6) is 0.891. The van der Waals surface area contributed by atoms with E-state index in [1.165, 1.54) is 0 Å². The number of hydrogen-bond acceptors (Lipinski definition) is 4. The maximum atomic E-state index is 10.2. The van der Waals surface area contributed by atoms with Gasteiger partial charge >= 0.3 is 0 Å². The van der Waals surface area contributed by atoms with Crippen molar-refractivity contribution in [2.45, 2.75) is 6.92 Å². The van der Waals surface area contributed by atoms with Crippen molar-refractivity contribution < 1.29 is 5.11 Å². The molecule has 1 aromatic heterocycles. The second-order valence-electron chi connectivity index (χ2n) is 5.76. The van der Waals surface area contributed by atoms with Gasteiger partial charge in [0.05, 0.1) is 17.2 Å². The van der Waals surface area contributed by atoms with Gasteiger partial charge in [-0.15, -0.1) is 0 Å². The van der Waals surface area contributed by atoms with Crippen LogP contribution in [-0.4, -0.2) is 27.8 Å². The highest BCUT2D eigenvalue weighted by Gasteiger charge is 2.09. The molecule has 0 aliphatic heterocycles. The minimum atomic E-state index is 0.211. The standard InChI is InChI=1S/C20H18N4O/c1-2-24(20-22-17-9-5-6-10-18(17)23-20)21-13-16-15-8-4-3-7-14(15)11-12-19(16)25/h3-13,25H,2H2,1H3,(H,22,23)/b21-13-. The number of hydrazone groups is 1. The molecule has 4 rings (SSSR count). The quantitative estimate of drug-likeness (QED) is 0.433. The highest BCUT2D eigenvalue weighted by Crippen LogP contribution is 2.26. The Balaban J connectivity index is 1.73. The molecule has 0 aliphatic rings. The van der Waals surface area contributed by atoms with E-state index in [1.807, 2.05) is 61.5 Å². The summed E-state index contributed by atoms with van der Waals surface area (Å²) in [6.45, 7) is 2.66. The molecule has 0 saturated heterocycles. The van der Waals surface area contributed by atoms with Crippen LogP contribution in [0.25, 0.3) is 21.8 Å². The molecule has 1 heterocycles. The van der Waals surface area contributed by atoms with Crippen LogP contribution in [0.1, 0.15) is 12.5 Å². The Labute approximate surface area is 145 Å². The molecule has 0 aliphatic carbocycles. The van der Waals surface area contributed by atoms with Gasteiger partial charge in [0.1, 0.15) is 5.75 Å². The summed E-state index contributed by atoms with van der Waals surface area (Å²) in [5, 5.41) is 18.6. The van der Waals surface area contributed by atoms with Gasteiger partial charge in [-0.3, -0.25) is 0 Å². The average Bonchev–Trinajstić information content (AvgIpc) is 3.07. The zero-order valence-corrected chi connectivity index (χ0v) is 13.8. The topological polar surface area (TPSA) is 64.5 Å². The second-order valence-corrected chi connectivity index (χ2v) is 5.76. The largest absolute Gasteiger partial charge is 0.507 e. The lowest BCUT2D eigenvalue weighted by atomic mass is 10.0. The molecule has 4 aromatic rings. The Morgan fingerprint density at radius 3 is 2.72 bits per heavy atom. The molecule has 0 saturated carbocycles. The average molecular weight is 330 g/mol. The molecule has 0 radical (unpaired) electrons. The molecule has 0 fully saturated rings. The van der Waals surface area contributed by atoms with Gasteiger partial charge in [0, 0.05) is 12.1 Å². The van der Waals surface area contributed by atoms with Gasteiger partial charge in [-0.25, -0.2) is 9.99 Å². The Morgan fingerprint density at radius 2 is 1.88 bits per heavy atom. The first kappa shape index (κ1) is 15.2. The molecule has 124 valence electrons. The van der Waals surface area contributed by atoms with Crippen molar-refractivity contribution >= 4 is 34.0 Å². The molecular formula is C20H18N4O. The van der Waals surface area contributed by atoms with E-state index < -0.39 is 0 Å². The van der Waals surface area contributed by atoms with E-state index in [0.29, 0.717) is 18.1 Å². The normalized spacial score (nSPS) is 11.6. The lowest BCUT2D eigenvalue weighted by Crippen LogP contribution is -2.17. The molecule has 5 nitrogen and oxygen atoms in total. The van der Waals surface area contributed by atoms with Crippen molar-refractivity contribution in [1.29, 1.82) is 0 Å². The summed E-state index contributed by atoms with van der Waals surface area (Å²) < 4.78 is 0. The SMILES string of the molecule is CCN(/N=C\c1c(O)ccc2ccccc12)c1nc2ccccc2[nH]1. The van der Waals surface area contributed by atoms with E-state index >= 15 is 0 Å². The van der Waals surface area contributed by atoms with Crippen molar-refractivity contribution in [1.82, 2.24) is 9.97 Å². The molecule has 2 N–H and O–H groups in total. The number of phenolic OH excluding ortho intramolecular Hbond substituents is 1. The van der Waals surface area contributed by atoms with Crippen molar-refractivity contribution in [3.8, 4) is 5.75 Å². The van der Waals surface area contributed by atoms with E-state index in [1.54, 1.807) is 17.3 Å². The smallest absolute Gasteiger partial charge is 0.224 e. The number of H-pyrrole nitrogens is 1. The summed E-state index contributed by atoms with van der Waals surface area (Å²) in [6, 6.07) is 19.4. The summed E-state index contributed by atoms with van der Waals surface area (Å²) in [4.78, 5) is 7.85. The zero-order chi connectivity index (χ0) is 17.2. The van der Waals surface area contributed by atoms with Gasteiger partial charge in [0.15, 0.2) is 0 Å². The Kier molecular flexibility index (Phi) is 3.82. The molecule has 0 spiro atoms. The number of aromatic nitrogens is 2. The van der Waals surface area contributed by atoms with Gasteiger partial charge in [-0.1, -0.05) is 42.5 Å². The van der Waals surface area contributed by atoms with E-state index in [2.05, 4.69) is 15.1 Å². The number of fused-ring (bicyclic) bond motifs is 2. The van der Waals surface area contributed by atoms with Gasteiger partial charge < -0.3 is 10.1 Å². The predicted molar refractivity (Wildman–Crippen MR) is 102 cm³/mol. The number of anilines is 1. The monoisotopic (exact) mass is 330 g/mol. The second kappa shape index (κ2) is 6.28. The van der Waals surface area contributed by atoms with Crippen LogP contribution in [0.3, 0.4) is 0 Å². The maximum absolute atomic E-state index is 10.2. The van der Waals surface area contributed by atoms with Crippen LogP contribution >= 0.6 is 0 Å². The molecule has 0 unspecified atom stereocenters. The van der Waals surface area contributed by atoms with Crippen LogP contribution < -0.4 is 5.01 Å². The number of imidazole rings is 1. The fourth-order valence-electron chi connectivity index (χ4n) is 2.89. The summed E-state index contributed by atoms with van der Waals surface area (Å²) in [5.41, 5.74) is 2.57. The fourth-order valence-corrected chi connectivity index (χ4v) is 2.89. The first-order chi connectivity index (χ1) is 12.3. The van der Waals surface area contributed by atoms with E-state index in [9.17, 15) is 5.11 Å². The summed E-state index contributed by atoms with van der Waals surface area (Å²) >= 11 is 0. The van der Waals surface area contributed by atoms with Gasteiger partial charge in [-0.05, 0) is 35.9 Å². The summed E-state index contributed by atoms with van der Waals surface area (Å²) in [7, 11) is 0. The number of nitrogens with one attached hydrogen (secondary N) is 1. The number of phenols is 1. The third kappa shape index (κ3) is 2.80. The van der Waals surface area contributed by atoms with E-state index in [4.69, 9.17) is 0 Å². The molecule has 3 aromatic carbocycles. The number of rotatable bonds is 4. The highest BCUT2D eigenvalue weighted by atomic mass is 16.3. The van der Waals surface area contributed by atoms with Crippen LogP contribution in [0.15, 0.2) is 65.8 Å². The number of aromatic hydroxyl groups is 1. The van der Waals surface area contributed by atoms with Crippen molar-refractivity contribution in [2.24, 2.45) is 5.10 Å². The lowest BCUT2D eigenvalue weighted by Gasteiger charge is -2.13. The number of para-hydroxylation sites is 2. The highest BCUT2D eigenvalue weighted by molar-refractivity contribution is 6.02. The van der Waals surface area contributed by atoms with Gasteiger partial charge in [-0.2, -0.15) is 5.10 Å². The number of aromatic amines is 1. The minimum absolute atomic E-state index is 0.211. The van der Waals surface area contributed by atoms with Crippen LogP contribution in [0.4, 0.5) is 5.95 Å². The Morgan fingerprint density at radius 1 is 1.08 bits per heavy atom. The van der Waals surface area contributed by atoms with Gasteiger partial charge in [0.2, 0.25) is 5.95 Å². The van der Waals surface area contributed by atoms with Crippen molar-refractivity contribution in [2.75, 3.05) is 11.6 Å². The lowest BCUT2D eigenvalue weighted by molar-refractivity contribution is 0.475. The fraction of sp³-hybridized carbons (Fsp3) is 0.100. The molecule has 0 amide bonds. The predicted octanol–water partition coefficient (Wildman–Crippen LogP) is 4.28. The molecule has 5 heteroatoms. The van der Waals surface area contributed by atoms with E-state index in [0.717, 1.165) is 21.8 Å². The first-order valence-electron chi connectivity index (χ1n) is 8.23. The molecule has 25 heavy (non-hydrogen) atoms. The molecule has 0 atom stereocenters. The van der Waals surface area contributed by atoms with Crippen molar-refractivity contribution in [3.63, 3.8) is 0 Å². The first-order valence-corrected chi connectivity index (χ1v) is 8.23. The van der Waals surface area contributed by atoms with Crippen molar-refractivity contribution in [3.05, 3.63) is 66.2 Å². The third-order valence-electron chi connectivity index (χ3n) is 4.19.